The number of carboxylic acid groups (broad SMARTS) is 1. The van der Waals surface area contributed by atoms with Gasteiger partial charge in [-0.05, 0) is 37.7 Å². The second-order valence-corrected chi connectivity index (χ2v) is 6.85. The molecule has 130 valence electrons. The molecule has 1 heterocycles. The van der Waals surface area contributed by atoms with Gasteiger partial charge in [0.05, 0.1) is 5.69 Å². The minimum Gasteiger partial charge on any atom is -0.480 e. The normalized spacial score (nSPS) is 12.7. The minimum atomic E-state index is -0.995. The van der Waals surface area contributed by atoms with E-state index < -0.39 is 12.0 Å². The third-order valence-corrected chi connectivity index (χ3v) is 3.92. The first-order valence-electron chi connectivity index (χ1n) is 8.18. The number of amides is 1. The largest absolute Gasteiger partial charge is 0.480 e. The molecule has 0 aliphatic carbocycles. The monoisotopic (exact) mass is 323 g/mol. The van der Waals surface area contributed by atoms with Crippen LogP contribution in [0.25, 0.3) is 0 Å². The van der Waals surface area contributed by atoms with Gasteiger partial charge in [-0.2, -0.15) is 5.10 Å². The van der Waals surface area contributed by atoms with Gasteiger partial charge in [-0.1, -0.05) is 27.7 Å². The highest BCUT2D eigenvalue weighted by atomic mass is 16.4. The van der Waals surface area contributed by atoms with Gasteiger partial charge in [0.25, 0.3) is 0 Å². The van der Waals surface area contributed by atoms with E-state index in [9.17, 15) is 9.59 Å². The number of aliphatic carboxylic acids is 1. The van der Waals surface area contributed by atoms with Crippen molar-refractivity contribution in [2.24, 2.45) is 11.8 Å². The van der Waals surface area contributed by atoms with Gasteiger partial charge in [0.15, 0.2) is 0 Å². The SMILES string of the molecule is Cc1nn(CC(C)C)c(C)c1CCC(=O)N[C@H](C(=O)O)C(C)C. The van der Waals surface area contributed by atoms with Gasteiger partial charge in [-0.3, -0.25) is 9.48 Å². The van der Waals surface area contributed by atoms with Crippen LogP contribution in [0.15, 0.2) is 0 Å². The van der Waals surface area contributed by atoms with Crippen molar-refractivity contribution in [1.29, 1.82) is 0 Å². The Morgan fingerprint density at radius 3 is 2.30 bits per heavy atom. The molecule has 23 heavy (non-hydrogen) atoms. The van der Waals surface area contributed by atoms with Gasteiger partial charge in [0.1, 0.15) is 6.04 Å². The van der Waals surface area contributed by atoms with E-state index in [0.29, 0.717) is 12.3 Å². The highest BCUT2D eigenvalue weighted by Gasteiger charge is 2.23. The van der Waals surface area contributed by atoms with Gasteiger partial charge in [-0.15, -0.1) is 0 Å². The molecule has 0 spiro atoms. The lowest BCUT2D eigenvalue weighted by molar-refractivity contribution is -0.143. The predicted octanol–water partition coefficient (Wildman–Crippen LogP) is 2.31. The third-order valence-electron chi connectivity index (χ3n) is 3.92. The Balaban J connectivity index is 2.69. The summed E-state index contributed by atoms with van der Waals surface area (Å²) >= 11 is 0. The standard InChI is InChI=1S/C17H29N3O3/c1-10(2)9-20-13(6)14(12(5)19-20)7-8-15(21)18-16(11(3)4)17(22)23/h10-11,16H,7-9H2,1-6H3,(H,18,21)(H,22,23)/t16-/m0/s1. The molecular weight excluding hydrogens is 294 g/mol. The third kappa shape index (κ3) is 5.37. The van der Waals surface area contributed by atoms with Crippen LogP contribution in [0.1, 0.15) is 51.1 Å². The smallest absolute Gasteiger partial charge is 0.326 e. The van der Waals surface area contributed by atoms with Crippen LogP contribution < -0.4 is 5.32 Å². The highest BCUT2D eigenvalue weighted by Crippen LogP contribution is 2.16. The van der Waals surface area contributed by atoms with Crippen LogP contribution in [0.4, 0.5) is 0 Å². The van der Waals surface area contributed by atoms with Crippen molar-refractivity contribution in [1.82, 2.24) is 15.1 Å². The van der Waals surface area contributed by atoms with E-state index in [1.165, 1.54) is 0 Å². The van der Waals surface area contributed by atoms with E-state index in [1.807, 2.05) is 18.5 Å². The van der Waals surface area contributed by atoms with E-state index in [-0.39, 0.29) is 18.2 Å². The van der Waals surface area contributed by atoms with Gasteiger partial charge >= 0.3 is 5.97 Å². The van der Waals surface area contributed by atoms with Crippen LogP contribution in [0, 0.1) is 25.7 Å². The number of nitrogens with one attached hydrogen (secondary N) is 1. The number of rotatable bonds is 8. The Morgan fingerprint density at radius 1 is 1.22 bits per heavy atom. The number of hydrogen-bond donors (Lipinski definition) is 2. The number of hydrogen-bond acceptors (Lipinski definition) is 3. The Bertz CT molecular complexity index is 562. The van der Waals surface area contributed by atoms with E-state index in [4.69, 9.17) is 5.11 Å². The number of carboxylic acids is 1. The maximum atomic E-state index is 12.0. The summed E-state index contributed by atoms with van der Waals surface area (Å²) in [5.41, 5.74) is 3.11. The molecule has 1 atom stereocenters. The number of nitrogens with zero attached hydrogens (tertiary/aromatic N) is 2. The van der Waals surface area contributed by atoms with E-state index in [2.05, 4.69) is 24.3 Å². The number of aromatic nitrogens is 2. The Morgan fingerprint density at radius 2 is 1.83 bits per heavy atom. The van der Waals surface area contributed by atoms with Gasteiger partial charge in [0, 0.05) is 18.7 Å². The summed E-state index contributed by atoms with van der Waals surface area (Å²) in [5, 5.41) is 16.3. The molecule has 0 bridgehead atoms. The second kappa shape index (κ2) is 8.13. The topological polar surface area (TPSA) is 84.2 Å². The predicted molar refractivity (Wildman–Crippen MR) is 89.3 cm³/mol. The lowest BCUT2D eigenvalue weighted by Gasteiger charge is -2.17. The molecule has 0 aromatic carbocycles. The molecule has 1 aromatic heterocycles. The summed E-state index contributed by atoms with van der Waals surface area (Å²) in [6.45, 7) is 12.7. The lowest BCUT2D eigenvalue weighted by atomic mass is 10.0. The maximum absolute atomic E-state index is 12.0. The molecule has 1 amide bonds. The first kappa shape index (κ1) is 19.2. The van der Waals surface area contributed by atoms with Gasteiger partial charge < -0.3 is 10.4 Å². The van der Waals surface area contributed by atoms with Crippen molar-refractivity contribution in [3.63, 3.8) is 0 Å². The number of carbonyl (C=O) groups excluding carboxylic acids is 1. The first-order valence-corrected chi connectivity index (χ1v) is 8.18. The summed E-state index contributed by atoms with van der Waals surface area (Å²) in [5.74, 6) is -0.868. The fraction of sp³-hybridized carbons (Fsp3) is 0.706. The van der Waals surface area contributed by atoms with Crippen molar-refractivity contribution in [3.05, 3.63) is 17.0 Å². The molecule has 1 rings (SSSR count). The molecule has 0 aliphatic heterocycles. The summed E-state index contributed by atoms with van der Waals surface area (Å²) in [7, 11) is 0. The molecule has 0 unspecified atom stereocenters. The molecule has 0 aliphatic rings. The van der Waals surface area contributed by atoms with Crippen molar-refractivity contribution in [2.75, 3.05) is 0 Å². The Hall–Kier alpha value is -1.85. The molecule has 0 fully saturated rings. The average molecular weight is 323 g/mol. The molecule has 2 N–H and O–H groups in total. The van der Waals surface area contributed by atoms with Crippen LogP contribution in [-0.2, 0) is 22.6 Å². The maximum Gasteiger partial charge on any atom is 0.326 e. The second-order valence-electron chi connectivity index (χ2n) is 6.85. The van der Waals surface area contributed by atoms with E-state index in [0.717, 1.165) is 23.5 Å². The molecular formula is C17H29N3O3. The van der Waals surface area contributed by atoms with Crippen molar-refractivity contribution in [3.8, 4) is 0 Å². The summed E-state index contributed by atoms with van der Waals surface area (Å²) in [4.78, 5) is 23.2. The molecule has 6 nitrogen and oxygen atoms in total. The van der Waals surface area contributed by atoms with Gasteiger partial charge in [-0.25, -0.2) is 4.79 Å². The molecule has 0 saturated heterocycles. The van der Waals surface area contributed by atoms with Crippen molar-refractivity contribution < 1.29 is 14.7 Å². The zero-order chi connectivity index (χ0) is 17.7. The lowest BCUT2D eigenvalue weighted by Crippen LogP contribution is -2.44. The van der Waals surface area contributed by atoms with Crippen LogP contribution in [0.2, 0.25) is 0 Å². The van der Waals surface area contributed by atoms with Crippen LogP contribution in [0.5, 0.6) is 0 Å². The quantitative estimate of drug-likeness (QED) is 0.769. The van der Waals surface area contributed by atoms with Gasteiger partial charge in [0.2, 0.25) is 5.91 Å². The minimum absolute atomic E-state index is 0.145. The van der Waals surface area contributed by atoms with Crippen LogP contribution in [-0.4, -0.2) is 32.8 Å². The Labute approximate surface area is 138 Å². The van der Waals surface area contributed by atoms with Crippen molar-refractivity contribution >= 4 is 11.9 Å². The molecule has 0 saturated carbocycles. The van der Waals surface area contributed by atoms with Crippen LogP contribution >= 0.6 is 0 Å². The molecule has 1 aromatic rings. The Kier molecular flexibility index (Phi) is 6.79. The summed E-state index contributed by atoms with van der Waals surface area (Å²) in [6.07, 6.45) is 0.845. The summed E-state index contributed by atoms with van der Waals surface area (Å²) < 4.78 is 1.99. The van der Waals surface area contributed by atoms with Crippen molar-refractivity contribution in [2.45, 2.75) is 67.0 Å². The zero-order valence-electron chi connectivity index (χ0n) is 15.0. The van der Waals surface area contributed by atoms with E-state index >= 15 is 0 Å². The summed E-state index contributed by atoms with van der Waals surface area (Å²) in [6, 6.07) is -0.839. The molecule has 6 heteroatoms. The fourth-order valence-electron chi connectivity index (χ4n) is 2.62. The highest BCUT2D eigenvalue weighted by molar-refractivity contribution is 5.83. The first-order chi connectivity index (χ1) is 10.6. The van der Waals surface area contributed by atoms with E-state index in [1.54, 1.807) is 13.8 Å². The zero-order valence-corrected chi connectivity index (χ0v) is 15.0. The fourth-order valence-corrected chi connectivity index (χ4v) is 2.62. The number of aryl methyl sites for hydroxylation is 1. The molecule has 0 radical (unpaired) electrons. The average Bonchev–Trinajstić information content (AvgIpc) is 2.67. The van der Waals surface area contributed by atoms with Crippen LogP contribution in [0.3, 0.4) is 0 Å². The number of carbonyl (C=O) groups is 2.